The molecule has 0 amide bonds. The number of halogens is 1. The van der Waals surface area contributed by atoms with Crippen LogP contribution in [0.1, 0.15) is 24.9 Å². The van der Waals surface area contributed by atoms with Crippen LogP contribution >= 0.6 is 11.6 Å². The van der Waals surface area contributed by atoms with Crippen LogP contribution in [0.4, 0.5) is 11.6 Å². The summed E-state index contributed by atoms with van der Waals surface area (Å²) in [6, 6.07) is 7.81. The molecule has 0 fully saturated rings. The van der Waals surface area contributed by atoms with Crippen LogP contribution in [0.25, 0.3) is 22.1 Å². The van der Waals surface area contributed by atoms with Gasteiger partial charge in [0.25, 0.3) is 0 Å². The van der Waals surface area contributed by atoms with Gasteiger partial charge in [0.1, 0.15) is 17.7 Å². The average molecular weight is 412 g/mol. The van der Waals surface area contributed by atoms with Crippen molar-refractivity contribution < 1.29 is 4.74 Å². The number of hydrogen-bond acceptors (Lipinski definition) is 7. The number of nitrogens with zero attached hydrogens (tertiary/aromatic N) is 4. The summed E-state index contributed by atoms with van der Waals surface area (Å²) >= 11 is 6.37. The molecule has 3 aromatic heterocycles. The molecule has 0 spiro atoms. The van der Waals surface area contributed by atoms with Crippen LogP contribution in [0, 0.1) is 0 Å². The molecule has 0 unspecified atom stereocenters. The summed E-state index contributed by atoms with van der Waals surface area (Å²) in [5.74, 6) is 1.45. The summed E-state index contributed by atoms with van der Waals surface area (Å²) < 4.78 is 5.14. The molecule has 0 radical (unpaired) electrons. The SMILES string of the molecule is COCCCNc1nc2c(Cl)cccc2cc1[C@H](C)Nc1ncnc2[nH]cnc12. The molecule has 1 atom stereocenters. The lowest BCUT2D eigenvalue weighted by molar-refractivity contribution is 0.197. The van der Waals surface area contributed by atoms with E-state index in [-0.39, 0.29) is 6.04 Å². The molecule has 0 saturated carbocycles. The van der Waals surface area contributed by atoms with E-state index in [1.807, 2.05) is 18.2 Å². The van der Waals surface area contributed by atoms with E-state index in [0.29, 0.717) is 28.6 Å². The lowest BCUT2D eigenvalue weighted by atomic mass is 10.1. The summed E-state index contributed by atoms with van der Waals surface area (Å²) in [7, 11) is 1.70. The van der Waals surface area contributed by atoms with E-state index in [4.69, 9.17) is 21.3 Å². The predicted molar refractivity (Wildman–Crippen MR) is 115 cm³/mol. The monoisotopic (exact) mass is 411 g/mol. The van der Waals surface area contributed by atoms with Gasteiger partial charge in [-0.1, -0.05) is 23.7 Å². The standard InChI is InChI=1S/C20H22ClN7O/c1-12(27-20-17-19(24-10-23-17)25-11-26-20)14-9-13-5-3-6-15(21)16(13)28-18(14)22-7-4-8-29-2/h3,5-6,9-12H,4,7-8H2,1-2H3,(H,22,28)(H2,23,24,25,26,27)/t12-/m0/s1. The fourth-order valence-corrected chi connectivity index (χ4v) is 3.45. The van der Waals surface area contributed by atoms with E-state index in [9.17, 15) is 0 Å². The van der Waals surface area contributed by atoms with E-state index in [0.717, 1.165) is 35.2 Å². The Balaban J connectivity index is 1.68. The minimum atomic E-state index is -0.0781. The summed E-state index contributed by atoms with van der Waals surface area (Å²) in [6.45, 7) is 3.49. The quantitative estimate of drug-likeness (QED) is 0.374. The van der Waals surface area contributed by atoms with Gasteiger partial charge in [-0.25, -0.2) is 19.9 Å². The Morgan fingerprint density at radius 1 is 1.17 bits per heavy atom. The molecule has 150 valence electrons. The summed E-state index contributed by atoms with van der Waals surface area (Å²) in [5, 5.41) is 8.47. The second-order valence-corrected chi connectivity index (χ2v) is 7.11. The van der Waals surface area contributed by atoms with Crippen molar-refractivity contribution in [2.24, 2.45) is 0 Å². The number of ether oxygens (including phenoxy) is 1. The first-order valence-corrected chi connectivity index (χ1v) is 9.77. The number of benzene rings is 1. The molecule has 4 rings (SSSR count). The number of hydrogen-bond donors (Lipinski definition) is 3. The van der Waals surface area contributed by atoms with E-state index in [1.54, 1.807) is 13.4 Å². The fourth-order valence-electron chi connectivity index (χ4n) is 3.23. The van der Waals surface area contributed by atoms with Gasteiger partial charge in [-0.05, 0) is 25.5 Å². The normalized spacial score (nSPS) is 12.4. The second-order valence-electron chi connectivity index (χ2n) is 6.70. The maximum absolute atomic E-state index is 6.37. The molecule has 4 aromatic rings. The third-order valence-electron chi connectivity index (χ3n) is 4.68. The number of rotatable bonds is 8. The maximum Gasteiger partial charge on any atom is 0.162 e. The fraction of sp³-hybridized carbons (Fsp3) is 0.300. The highest BCUT2D eigenvalue weighted by Gasteiger charge is 2.17. The van der Waals surface area contributed by atoms with E-state index >= 15 is 0 Å². The van der Waals surface area contributed by atoms with Crippen molar-refractivity contribution in [1.29, 1.82) is 0 Å². The molecule has 0 aliphatic rings. The van der Waals surface area contributed by atoms with Crippen LogP contribution in [0.2, 0.25) is 5.02 Å². The smallest absolute Gasteiger partial charge is 0.162 e. The van der Waals surface area contributed by atoms with E-state index in [1.165, 1.54) is 6.33 Å². The zero-order valence-electron chi connectivity index (χ0n) is 16.2. The van der Waals surface area contributed by atoms with Crippen molar-refractivity contribution in [3.63, 3.8) is 0 Å². The van der Waals surface area contributed by atoms with Crippen molar-refractivity contribution in [1.82, 2.24) is 24.9 Å². The Morgan fingerprint density at radius 2 is 2.07 bits per heavy atom. The van der Waals surface area contributed by atoms with Crippen LogP contribution in [0.5, 0.6) is 0 Å². The number of H-pyrrole nitrogens is 1. The molecule has 0 bridgehead atoms. The molecule has 29 heavy (non-hydrogen) atoms. The first kappa shape index (κ1) is 19.4. The molecule has 3 N–H and O–H groups in total. The number of aromatic nitrogens is 5. The van der Waals surface area contributed by atoms with Crippen molar-refractivity contribution in [2.75, 3.05) is 30.9 Å². The molecule has 3 heterocycles. The highest BCUT2D eigenvalue weighted by atomic mass is 35.5. The molecule has 0 saturated heterocycles. The topological polar surface area (TPSA) is 101 Å². The van der Waals surface area contributed by atoms with Crippen LogP contribution in [-0.2, 0) is 4.74 Å². The summed E-state index contributed by atoms with van der Waals surface area (Å²) in [5.41, 5.74) is 3.18. The van der Waals surface area contributed by atoms with Gasteiger partial charge in [-0.3, -0.25) is 0 Å². The summed E-state index contributed by atoms with van der Waals surface area (Å²) in [4.78, 5) is 20.7. The lowest BCUT2D eigenvalue weighted by Crippen LogP contribution is -2.14. The van der Waals surface area contributed by atoms with Crippen LogP contribution < -0.4 is 10.6 Å². The Morgan fingerprint density at radius 3 is 2.93 bits per heavy atom. The second kappa shape index (κ2) is 8.59. The van der Waals surface area contributed by atoms with Crippen LogP contribution in [0.15, 0.2) is 36.9 Å². The van der Waals surface area contributed by atoms with Gasteiger partial charge in [-0.2, -0.15) is 0 Å². The number of para-hydroxylation sites is 1. The summed E-state index contributed by atoms with van der Waals surface area (Å²) in [6.07, 6.45) is 4.00. The van der Waals surface area contributed by atoms with Crippen molar-refractivity contribution in [3.8, 4) is 0 Å². The minimum Gasteiger partial charge on any atom is -0.385 e. The highest BCUT2D eigenvalue weighted by molar-refractivity contribution is 6.35. The Kier molecular flexibility index (Phi) is 5.73. The Bertz CT molecular complexity index is 1130. The largest absolute Gasteiger partial charge is 0.385 e. The molecular formula is C20H22ClN7O. The number of fused-ring (bicyclic) bond motifs is 2. The van der Waals surface area contributed by atoms with Gasteiger partial charge in [0.2, 0.25) is 0 Å². The van der Waals surface area contributed by atoms with Crippen molar-refractivity contribution >= 4 is 45.3 Å². The predicted octanol–water partition coefficient (Wildman–Crippen LogP) is 4.18. The zero-order valence-corrected chi connectivity index (χ0v) is 17.0. The Labute approximate surface area is 173 Å². The number of nitrogens with one attached hydrogen (secondary N) is 3. The molecule has 1 aromatic carbocycles. The third kappa shape index (κ3) is 4.08. The Hall–Kier alpha value is -2.97. The zero-order chi connectivity index (χ0) is 20.2. The number of methoxy groups -OCH3 is 1. The molecule has 0 aliphatic heterocycles. The maximum atomic E-state index is 6.37. The van der Waals surface area contributed by atoms with Crippen molar-refractivity contribution in [2.45, 2.75) is 19.4 Å². The van der Waals surface area contributed by atoms with Crippen LogP contribution in [-0.4, -0.2) is 45.2 Å². The first-order valence-electron chi connectivity index (χ1n) is 9.40. The number of pyridine rings is 1. The average Bonchev–Trinajstić information content (AvgIpc) is 3.21. The molecule has 9 heteroatoms. The molecule has 0 aliphatic carbocycles. The van der Waals surface area contributed by atoms with Gasteiger partial charge in [0.05, 0.1) is 22.9 Å². The molecule has 8 nitrogen and oxygen atoms in total. The van der Waals surface area contributed by atoms with Gasteiger partial charge in [-0.15, -0.1) is 0 Å². The van der Waals surface area contributed by atoms with Gasteiger partial charge in [0, 0.05) is 31.2 Å². The molecular weight excluding hydrogens is 390 g/mol. The van der Waals surface area contributed by atoms with E-state index < -0.39 is 0 Å². The lowest BCUT2D eigenvalue weighted by Gasteiger charge is -2.20. The first-order chi connectivity index (χ1) is 14.2. The van der Waals surface area contributed by atoms with Gasteiger partial charge < -0.3 is 20.4 Å². The number of anilines is 2. The minimum absolute atomic E-state index is 0.0781. The van der Waals surface area contributed by atoms with Crippen molar-refractivity contribution in [3.05, 3.63) is 47.5 Å². The van der Waals surface area contributed by atoms with Gasteiger partial charge in [0.15, 0.2) is 11.5 Å². The highest BCUT2D eigenvalue weighted by Crippen LogP contribution is 2.31. The third-order valence-corrected chi connectivity index (χ3v) is 4.99. The number of imidazole rings is 1. The van der Waals surface area contributed by atoms with Gasteiger partial charge >= 0.3 is 0 Å². The van der Waals surface area contributed by atoms with E-state index in [2.05, 4.69) is 43.6 Å². The number of aromatic amines is 1. The van der Waals surface area contributed by atoms with Crippen LogP contribution in [0.3, 0.4) is 0 Å².